The molecule has 0 N–H and O–H groups in total. The molecule has 10 heteroatoms. The number of carbonyl (C=O) groups excluding carboxylic acids is 1. The lowest BCUT2D eigenvalue weighted by atomic mass is 10.1. The van der Waals surface area contributed by atoms with Crippen molar-refractivity contribution >= 4 is 38.9 Å². The Hall–Kier alpha value is -2.82. The first-order valence-electron chi connectivity index (χ1n) is 9.72. The van der Waals surface area contributed by atoms with Crippen molar-refractivity contribution in [1.82, 2.24) is 4.90 Å². The summed E-state index contributed by atoms with van der Waals surface area (Å²) in [6, 6.07) is 13.1. The first-order valence-corrected chi connectivity index (χ1v) is 12.0. The number of benzene rings is 2. The summed E-state index contributed by atoms with van der Waals surface area (Å²) in [6.07, 6.45) is 2.19. The quantitative estimate of drug-likeness (QED) is 0.404. The molecule has 0 bridgehead atoms. The van der Waals surface area contributed by atoms with Crippen molar-refractivity contribution in [2.75, 3.05) is 34.5 Å². The van der Waals surface area contributed by atoms with Gasteiger partial charge in [0.05, 0.1) is 24.0 Å². The van der Waals surface area contributed by atoms with Crippen molar-refractivity contribution in [2.24, 2.45) is 4.40 Å². The van der Waals surface area contributed by atoms with Crippen molar-refractivity contribution in [3.05, 3.63) is 59.0 Å². The molecule has 32 heavy (non-hydrogen) atoms. The van der Waals surface area contributed by atoms with Gasteiger partial charge >= 0.3 is 0 Å². The molecule has 2 aromatic carbocycles. The summed E-state index contributed by atoms with van der Waals surface area (Å²) in [4.78, 5) is 14.9. The second-order valence-electron chi connectivity index (χ2n) is 6.68. The van der Waals surface area contributed by atoms with E-state index in [4.69, 9.17) is 14.2 Å². The average Bonchev–Trinajstić information content (AvgIpc) is 3.08. The fourth-order valence-corrected chi connectivity index (χ4v) is 5.19. The highest BCUT2D eigenvalue weighted by atomic mass is 32.2. The zero-order chi connectivity index (χ0) is 23.1. The number of amides is 1. The summed E-state index contributed by atoms with van der Waals surface area (Å²) >= 11 is 1.01. The summed E-state index contributed by atoms with van der Waals surface area (Å²) in [7, 11) is 0.668. The second kappa shape index (κ2) is 10.7. The molecule has 0 atom stereocenters. The van der Waals surface area contributed by atoms with Gasteiger partial charge in [0.15, 0.2) is 5.17 Å². The van der Waals surface area contributed by atoms with Gasteiger partial charge in [-0.2, -0.15) is 8.42 Å². The molecule has 1 aliphatic rings. The lowest BCUT2D eigenvalue weighted by Gasteiger charge is -2.15. The van der Waals surface area contributed by atoms with E-state index >= 15 is 0 Å². The van der Waals surface area contributed by atoms with Gasteiger partial charge in [0.1, 0.15) is 11.5 Å². The molecular weight excluding hydrogens is 452 g/mol. The molecule has 3 rings (SSSR count). The highest BCUT2D eigenvalue weighted by Crippen LogP contribution is 2.36. The zero-order valence-electron chi connectivity index (χ0n) is 18.0. The molecule has 0 unspecified atom stereocenters. The van der Waals surface area contributed by atoms with Crippen molar-refractivity contribution in [2.45, 2.75) is 11.3 Å². The largest absolute Gasteiger partial charge is 0.497 e. The van der Waals surface area contributed by atoms with Gasteiger partial charge in [-0.1, -0.05) is 18.2 Å². The minimum absolute atomic E-state index is 0.0617. The topological polar surface area (TPSA) is 94.5 Å². The van der Waals surface area contributed by atoms with Gasteiger partial charge in [0.25, 0.3) is 15.9 Å². The van der Waals surface area contributed by atoms with E-state index in [-0.39, 0.29) is 22.5 Å². The number of ether oxygens (including phenoxy) is 3. The Morgan fingerprint density at radius 2 is 1.81 bits per heavy atom. The SMILES string of the molecule is COCCCN1C(=O)/C(=C/c2ccc(OC)cc2OC)SC1=NS(=O)(=O)c1ccccc1. The van der Waals surface area contributed by atoms with Crippen LogP contribution >= 0.6 is 11.8 Å². The Bertz CT molecular complexity index is 1130. The molecule has 1 aliphatic heterocycles. The predicted octanol–water partition coefficient (Wildman–Crippen LogP) is 3.40. The summed E-state index contributed by atoms with van der Waals surface area (Å²) in [6.45, 7) is 0.707. The number of amidine groups is 1. The maximum atomic E-state index is 13.1. The summed E-state index contributed by atoms with van der Waals surface area (Å²) in [5.41, 5.74) is 0.660. The van der Waals surface area contributed by atoms with E-state index in [9.17, 15) is 13.2 Å². The molecule has 1 saturated heterocycles. The number of hydrogen-bond acceptors (Lipinski definition) is 7. The number of thioether (sulfide) groups is 1. The Labute approximate surface area is 191 Å². The van der Waals surface area contributed by atoms with Crippen LogP contribution in [0.5, 0.6) is 11.5 Å². The molecule has 1 amide bonds. The first kappa shape index (κ1) is 23.8. The molecule has 0 radical (unpaired) electrons. The van der Waals surface area contributed by atoms with Gasteiger partial charge in [-0.3, -0.25) is 9.69 Å². The summed E-state index contributed by atoms with van der Waals surface area (Å²) < 4.78 is 45.2. The predicted molar refractivity (Wildman–Crippen MR) is 124 cm³/mol. The Morgan fingerprint density at radius 3 is 2.47 bits per heavy atom. The van der Waals surface area contributed by atoms with Crippen LogP contribution in [-0.2, 0) is 19.6 Å². The molecule has 2 aromatic rings. The molecule has 0 aromatic heterocycles. The molecule has 170 valence electrons. The van der Waals surface area contributed by atoms with E-state index in [0.29, 0.717) is 35.0 Å². The zero-order valence-corrected chi connectivity index (χ0v) is 19.6. The smallest absolute Gasteiger partial charge is 0.284 e. The third-order valence-electron chi connectivity index (χ3n) is 4.58. The number of nitrogens with zero attached hydrogens (tertiary/aromatic N) is 2. The van der Waals surface area contributed by atoms with E-state index in [1.807, 2.05) is 0 Å². The lowest BCUT2D eigenvalue weighted by Crippen LogP contribution is -2.31. The summed E-state index contributed by atoms with van der Waals surface area (Å²) in [5, 5.41) is 0.105. The van der Waals surface area contributed by atoms with Crippen LogP contribution < -0.4 is 9.47 Å². The number of sulfonamides is 1. The van der Waals surface area contributed by atoms with E-state index < -0.39 is 10.0 Å². The molecule has 0 spiro atoms. The third-order valence-corrected chi connectivity index (χ3v) is 6.99. The maximum absolute atomic E-state index is 13.1. The third kappa shape index (κ3) is 5.50. The van der Waals surface area contributed by atoms with Crippen LogP contribution in [0.1, 0.15) is 12.0 Å². The number of rotatable bonds is 9. The molecular formula is C22H24N2O6S2. The highest BCUT2D eigenvalue weighted by Gasteiger charge is 2.35. The number of methoxy groups -OCH3 is 3. The number of hydrogen-bond donors (Lipinski definition) is 0. The van der Waals surface area contributed by atoms with E-state index in [0.717, 1.165) is 11.8 Å². The van der Waals surface area contributed by atoms with Crippen molar-refractivity contribution in [3.8, 4) is 11.5 Å². The van der Waals surface area contributed by atoms with Crippen molar-refractivity contribution < 1.29 is 27.4 Å². The monoisotopic (exact) mass is 476 g/mol. The van der Waals surface area contributed by atoms with Gasteiger partial charge < -0.3 is 14.2 Å². The Morgan fingerprint density at radius 1 is 1.06 bits per heavy atom. The second-order valence-corrected chi connectivity index (χ2v) is 9.30. The molecule has 0 aliphatic carbocycles. The van der Waals surface area contributed by atoms with Gasteiger partial charge in [-0.25, -0.2) is 0 Å². The molecule has 1 fully saturated rings. The van der Waals surface area contributed by atoms with E-state index in [1.165, 1.54) is 24.1 Å². The van der Waals surface area contributed by atoms with Crippen LogP contribution in [0.25, 0.3) is 6.08 Å². The van der Waals surface area contributed by atoms with Crippen LogP contribution in [0.15, 0.2) is 62.7 Å². The van der Waals surface area contributed by atoms with Gasteiger partial charge in [0, 0.05) is 31.9 Å². The van der Waals surface area contributed by atoms with Gasteiger partial charge in [-0.15, -0.1) is 4.40 Å². The van der Waals surface area contributed by atoms with Gasteiger partial charge in [-0.05, 0) is 48.5 Å². The molecule has 8 nitrogen and oxygen atoms in total. The Kier molecular flexibility index (Phi) is 7.94. The average molecular weight is 477 g/mol. The minimum atomic E-state index is -3.98. The van der Waals surface area contributed by atoms with Crippen LogP contribution in [0.4, 0.5) is 0 Å². The lowest BCUT2D eigenvalue weighted by molar-refractivity contribution is -0.122. The minimum Gasteiger partial charge on any atom is -0.497 e. The van der Waals surface area contributed by atoms with Crippen LogP contribution in [0.2, 0.25) is 0 Å². The fourth-order valence-electron chi connectivity index (χ4n) is 2.97. The fraction of sp³-hybridized carbons (Fsp3) is 0.273. The Balaban J connectivity index is 1.99. The molecule has 1 heterocycles. The number of carbonyl (C=O) groups is 1. The highest BCUT2D eigenvalue weighted by molar-refractivity contribution is 8.19. The van der Waals surface area contributed by atoms with E-state index in [1.54, 1.807) is 56.7 Å². The summed E-state index contributed by atoms with van der Waals surface area (Å²) in [5.74, 6) is 0.816. The maximum Gasteiger partial charge on any atom is 0.284 e. The van der Waals surface area contributed by atoms with Crippen LogP contribution in [0, 0.1) is 0 Å². The molecule has 0 saturated carbocycles. The van der Waals surface area contributed by atoms with Gasteiger partial charge in [0.2, 0.25) is 0 Å². The van der Waals surface area contributed by atoms with Crippen molar-refractivity contribution in [1.29, 1.82) is 0 Å². The normalized spacial score (nSPS) is 16.7. The van der Waals surface area contributed by atoms with Crippen LogP contribution in [0.3, 0.4) is 0 Å². The van der Waals surface area contributed by atoms with Crippen LogP contribution in [-0.4, -0.2) is 58.9 Å². The van der Waals surface area contributed by atoms with E-state index in [2.05, 4.69) is 4.40 Å². The standard InChI is InChI=1S/C22H24N2O6S2/c1-28-13-7-12-24-21(25)20(14-16-10-11-17(29-2)15-19(16)30-3)31-22(24)23-32(26,27)18-8-5-4-6-9-18/h4-6,8-11,14-15H,7,12-13H2,1-3H3/b20-14-,23-22?. The van der Waals surface area contributed by atoms with Crippen molar-refractivity contribution in [3.63, 3.8) is 0 Å². The first-order chi connectivity index (χ1) is 15.4.